The Morgan fingerprint density at radius 2 is 2.25 bits per heavy atom. The largest absolute Gasteiger partial charge is 0.330 e. The number of hydrogen-bond donors (Lipinski definition) is 3. The molecule has 0 aliphatic carbocycles. The predicted molar refractivity (Wildman–Crippen MR) is 61.2 cm³/mol. The van der Waals surface area contributed by atoms with Gasteiger partial charge in [-0.2, -0.15) is 5.10 Å². The van der Waals surface area contributed by atoms with Gasteiger partial charge in [-0.1, -0.05) is 13.8 Å². The molecule has 0 saturated carbocycles. The molecule has 0 radical (unpaired) electrons. The summed E-state index contributed by atoms with van der Waals surface area (Å²) in [4.78, 5) is 0. The number of aromatic nitrogens is 2. The molecule has 1 aromatic rings. The molecule has 0 aromatic carbocycles. The zero-order valence-electron chi connectivity index (χ0n) is 9.47. The zero-order chi connectivity index (χ0) is 12.2. The molecule has 6 nitrogen and oxygen atoms in total. The van der Waals surface area contributed by atoms with Crippen molar-refractivity contribution >= 4 is 10.0 Å². The van der Waals surface area contributed by atoms with Gasteiger partial charge in [-0.25, -0.2) is 13.1 Å². The van der Waals surface area contributed by atoms with Gasteiger partial charge in [-0.05, 0) is 24.9 Å². The van der Waals surface area contributed by atoms with Crippen molar-refractivity contribution in [2.24, 2.45) is 11.7 Å². The number of H-pyrrole nitrogens is 1. The van der Waals surface area contributed by atoms with Gasteiger partial charge in [0.15, 0.2) is 5.03 Å². The minimum Gasteiger partial charge on any atom is -0.330 e. The predicted octanol–water partition coefficient (Wildman–Crippen LogP) is 0.0614. The number of hydrogen-bond acceptors (Lipinski definition) is 4. The molecule has 0 aliphatic rings. The van der Waals surface area contributed by atoms with Gasteiger partial charge in [0.25, 0.3) is 10.0 Å². The van der Waals surface area contributed by atoms with Crippen LogP contribution >= 0.6 is 0 Å². The van der Waals surface area contributed by atoms with Gasteiger partial charge in [0, 0.05) is 6.04 Å². The third-order valence-electron chi connectivity index (χ3n) is 2.35. The highest BCUT2D eigenvalue weighted by Gasteiger charge is 2.22. The van der Waals surface area contributed by atoms with Crippen LogP contribution in [0.1, 0.15) is 20.3 Å². The van der Waals surface area contributed by atoms with Crippen LogP contribution in [0.25, 0.3) is 0 Å². The molecule has 16 heavy (non-hydrogen) atoms. The normalized spacial score (nSPS) is 14.2. The Hall–Kier alpha value is -0.920. The molecule has 0 saturated heterocycles. The van der Waals surface area contributed by atoms with E-state index in [0.717, 1.165) is 0 Å². The number of rotatable bonds is 6. The molecule has 0 fully saturated rings. The smallest absolute Gasteiger partial charge is 0.257 e. The molecule has 4 N–H and O–H groups in total. The zero-order valence-corrected chi connectivity index (χ0v) is 10.3. The molecule has 1 heterocycles. The Morgan fingerprint density at radius 1 is 1.56 bits per heavy atom. The summed E-state index contributed by atoms with van der Waals surface area (Å²) in [5.41, 5.74) is 5.45. The Balaban J connectivity index is 2.78. The molecule has 1 rings (SSSR count). The van der Waals surface area contributed by atoms with Crippen LogP contribution in [0.2, 0.25) is 0 Å². The van der Waals surface area contributed by atoms with Crippen LogP contribution in [-0.2, 0) is 10.0 Å². The standard InChI is InChI=1S/C9H18N4O2S/c1-7(2)8(3-5-10)13-16(14,15)9-4-6-11-12-9/h4,6-8,13H,3,5,10H2,1-2H3,(H,11,12). The maximum atomic E-state index is 11.9. The lowest BCUT2D eigenvalue weighted by Crippen LogP contribution is -2.40. The molecule has 92 valence electrons. The monoisotopic (exact) mass is 246 g/mol. The quantitative estimate of drug-likeness (QED) is 0.660. The van der Waals surface area contributed by atoms with E-state index in [9.17, 15) is 8.42 Å². The van der Waals surface area contributed by atoms with E-state index in [0.29, 0.717) is 13.0 Å². The second-order valence-electron chi connectivity index (χ2n) is 3.97. The first-order valence-corrected chi connectivity index (χ1v) is 6.67. The average molecular weight is 246 g/mol. The lowest BCUT2D eigenvalue weighted by atomic mass is 10.0. The van der Waals surface area contributed by atoms with Gasteiger partial charge in [0.2, 0.25) is 0 Å². The molecule has 0 spiro atoms. The van der Waals surface area contributed by atoms with Crippen molar-refractivity contribution in [2.45, 2.75) is 31.3 Å². The van der Waals surface area contributed by atoms with Crippen LogP contribution in [0.5, 0.6) is 0 Å². The average Bonchev–Trinajstić information content (AvgIpc) is 2.69. The van der Waals surface area contributed by atoms with Crippen molar-refractivity contribution < 1.29 is 8.42 Å². The summed E-state index contributed by atoms with van der Waals surface area (Å²) in [7, 11) is -3.51. The highest BCUT2D eigenvalue weighted by atomic mass is 32.2. The van der Waals surface area contributed by atoms with E-state index in [-0.39, 0.29) is 17.0 Å². The third-order valence-corrected chi connectivity index (χ3v) is 3.77. The van der Waals surface area contributed by atoms with Crippen molar-refractivity contribution in [3.8, 4) is 0 Å². The second-order valence-corrected chi connectivity index (χ2v) is 5.65. The third kappa shape index (κ3) is 3.29. The van der Waals surface area contributed by atoms with E-state index in [1.54, 1.807) is 0 Å². The van der Waals surface area contributed by atoms with Gasteiger partial charge in [0.1, 0.15) is 0 Å². The van der Waals surface area contributed by atoms with E-state index >= 15 is 0 Å². The molecule has 0 amide bonds. The number of nitrogens with one attached hydrogen (secondary N) is 2. The number of sulfonamides is 1. The van der Waals surface area contributed by atoms with Crippen molar-refractivity contribution in [3.63, 3.8) is 0 Å². The lowest BCUT2D eigenvalue weighted by molar-refractivity contribution is 0.427. The van der Waals surface area contributed by atoms with Crippen molar-refractivity contribution in [3.05, 3.63) is 12.3 Å². The fourth-order valence-electron chi connectivity index (χ4n) is 1.36. The minimum absolute atomic E-state index is 0.0789. The molecular weight excluding hydrogens is 228 g/mol. The highest BCUT2D eigenvalue weighted by molar-refractivity contribution is 7.89. The van der Waals surface area contributed by atoms with Crippen LogP contribution in [0.3, 0.4) is 0 Å². The highest BCUT2D eigenvalue weighted by Crippen LogP contribution is 2.10. The fourth-order valence-corrected chi connectivity index (χ4v) is 2.69. The maximum Gasteiger partial charge on any atom is 0.257 e. The fraction of sp³-hybridized carbons (Fsp3) is 0.667. The summed E-state index contributed by atoms with van der Waals surface area (Å²) < 4.78 is 26.3. The number of aromatic amines is 1. The summed E-state index contributed by atoms with van der Waals surface area (Å²) in [6.45, 7) is 4.36. The number of nitrogens with two attached hydrogens (primary N) is 1. The van der Waals surface area contributed by atoms with E-state index in [4.69, 9.17) is 5.73 Å². The van der Waals surface area contributed by atoms with Crippen molar-refractivity contribution in [2.75, 3.05) is 6.54 Å². The van der Waals surface area contributed by atoms with Gasteiger partial charge in [-0.3, -0.25) is 5.10 Å². The van der Waals surface area contributed by atoms with Crippen LogP contribution in [0.4, 0.5) is 0 Å². The van der Waals surface area contributed by atoms with Crippen LogP contribution in [-0.4, -0.2) is 31.2 Å². The second kappa shape index (κ2) is 5.42. The van der Waals surface area contributed by atoms with E-state index in [1.807, 2.05) is 13.8 Å². The molecule has 1 atom stereocenters. The topological polar surface area (TPSA) is 101 Å². The first kappa shape index (κ1) is 13.1. The molecule has 7 heteroatoms. The van der Waals surface area contributed by atoms with Gasteiger partial charge < -0.3 is 5.73 Å². The van der Waals surface area contributed by atoms with Crippen LogP contribution in [0, 0.1) is 5.92 Å². The summed E-state index contributed by atoms with van der Waals surface area (Å²) >= 11 is 0. The lowest BCUT2D eigenvalue weighted by Gasteiger charge is -2.20. The van der Waals surface area contributed by atoms with Crippen LogP contribution in [0.15, 0.2) is 17.3 Å². The first-order chi connectivity index (χ1) is 7.47. The van der Waals surface area contributed by atoms with E-state index < -0.39 is 10.0 Å². The van der Waals surface area contributed by atoms with E-state index in [1.165, 1.54) is 12.3 Å². The van der Waals surface area contributed by atoms with Crippen LogP contribution < -0.4 is 10.5 Å². The SMILES string of the molecule is CC(C)C(CCN)NS(=O)(=O)c1ccn[nH]1. The van der Waals surface area contributed by atoms with Crippen molar-refractivity contribution in [1.29, 1.82) is 0 Å². The molecule has 1 aromatic heterocycles. The Morgan fingerprint density at radius 3 is 2.69 bits per heavy atom. The molecule has 0 aliphatic heterocycles. The maximum absolute atomic E-state index is 11.9. The summed E-state index contributed by atoms with van der Waals surface area (Å²) in [5.74, 6) is 0.196. The summed E-state index contributed by atoms with van der Waals surface area (Å²) in [6.07, 6.45) is 2.02. The van der Waals surface area contributed by atoms with Gasteiger partial charge in [-0.15, -0.1) is 0 Å². The Kier molecular flexibility index (Phi) is 4.45. The molecule has 0 bridgehead atoms. The summed E-state index contributed by atoms with van der Waals surface area (Å²) in [5, 5.41) is 6.13. The Bertz CT molecular complexity index is 399. The number of nitrogens with zero attached hydrogens (tertiary/aromatic N) is 1. The first-order valence-electron chi connectivity index (χ1n) is 5.19. The van der Waals surface area contributed by atoms with Gasteiger partial charge in [0.05, 0.1) is 6.20 Å². The Labute approximate surface area is 95.7 Å². The molecular formula is C9H18N4O2S. The minimum atomic E-state index is -3.51. The van der Waals surface area contributed by atoms with Gasteiger partial charge >= 0.3 is 0 Å². The van der Waals surface area contributed by atoms with E-state index in [2.05, 4.69) is 14.9 Å². The molecule has 1 unspecified atom stereocenters. The van der Waals surface area contributed by atoms with Crippen molar-refractivity contribution in [1.82, 2.24) is 14.9 Å². The summed E-state index contributed by atoms with van der Waals surface area (Å²) in [6, 6.07) is 1.26.